The molecule has 0 aromatic heterocycles. The van der Waals surface area contributed by atoms with Crippen molar-refractivity contribution in [1.29, 1.82) is 0 Å². The number of carbonyl (C=O) groups excluding carboxylic acids is 2. The summed E-state index contributed by atoms with van der Waals surface area (Å²) in [6, 6.07) is 17.1. The summed E-state index contributed by atoms with van der Waals surface area (Å²) in [4.78, 5) is 31.5. The SMILES string of the molecule is O=C(NCCN1CCCCC1)C1=C2NC(=O)N(c3ccc(Oc4ccccc4)cc3)C3CCNC(S1)C23. The molecule has 2 aromatic rings. The van der Waals surface area contributed by atoms with Crippen LogP contribution in [0.4, 0.5) is 10.5 Å². The van der Waals surface area contributed by atoms with E-state index in [0.717, 1.165) is 55.5 Å². The smallest absolute Gasteiger partial charge is 0.326 e. The zero-order chi connectivity index (χ0) is 25.2. The maximum absolute atomic E-state index is 13.4. The van der Waals surface area contributed by atoms with Crippen molar-refractivity contribution in [3.05, 3.63) is 65.2 Å². The molecular weight excluding hydrogens is 486 g/mol. The predicted octanol–water partition coefficient (Wildman–Crippen LogP) is 3.87. The third-order valence-electron chi connectivity index (χ3n) is 7.60. The second kappa shape index (κ2) is 10.8. The molecule has 37 heavy (non-hydrogen) atoms. The highest BCUT2D eigenvalue weighted by Crippen LogP contribution is 2.48. The molecule has 4 heterocycles. The molecule has 194 valence electrons. The molecule has 8 nitrogen and oxygen atoms in total. The number of benzene rings is 2. The Hall–Kier alpha value is -3.01. The van der Waals surface area contributed by atoms with E-state index in [4.69, 9.17) is 4.74 Å². The standard InChI is InChI=1S/C28H33N5O3S/c34-26(29-15-18-32-16-5-2-6-17-32)25-24-23-22(13-14-30-27(23)37-25)33(28(35)31-24)19-9-11-21(12-10-19)36-20-7-3-1-4-8-20/h1,3-4,7-12,22-23,27,30H,2,5-6,13-18H2,(H,29,34)(H,31,35). The van der Waals surface area contributed by atoms with E-state index in [0.29, 0.717) is 11.4 Å². The van der Waals surface area contributed by atoms with Crippen molar-refractivity contribution < 1.29 is 14.3 Å². The number of likely N-dealkylation sites (tertiary alicyclic amines) is 1. The highest BCUT2D eigenvalue weighted by molar-refractivity contribution is 8.04. The molecule has 0 spiro atoms. The van der Waals surface area contributed by atoms with Crippen LogP contribution in [0, 0.1) is 5.92 Å². The Kier molecular flexibility index (Phi) is 7.08. The molecule has 0 aliphatic carbocycles. The highest BCUT2D eigenvalue weighted by atomic mass is 32.2. The zero-order valence-corrected chi connectivity index (χ0v) is 21.6. The number of nitrogens with one attached hydrogen (secondary N) is 3. The van der Waals surface area contributed by atoms with Gasteiger partial charge in [-0.2, -0.15) is 0 Å². The Morgan fingerprint density at radius 2 is 1.78 bits per heavy atom. The van der Waals surface area contributed by atoms with E-state index in [1.807, 2.05) is 59.5 Å². The Bertz CT molecular complexity index is 1170. The third-order valence-corrected chi connectivity index (χ3v) is 8.96. The minimum absolute atomic E-state index is 0.0120. The summed E-state index contributed by atoms with van der Waals surface area (Å²) in [5.74, 6) is 1.45. The van der Waals surface area contributed by atoms with Crippen LogP contribution in [0.1, 0.15) is 25.7 Å². The molecule has 3 amide bonds. The van der Waals surface area contributed by atoms with Gasteiger partial charge >= 0.3 is 6.03 Å². The lowest BCUT2D eigenvalue weighted by atomic mass is 9.86. The Labute approximate surface area is 221 Å². The lowest BCUT2D eigenvalue weighted by Gasteiger charge is -2.45. The summed E-state index contributed by atoms with van der Waals surface area (Å²) in [6.45, 7) is 4.52. The van der Waals surface area contributed by atoms with Gasteiger partial charge in [0.15, 0.2) is 0 Å². The molecule has 6 rings (SSSR count). The monoisotopic (exact) mass is 519 g/mol. The molecule has 4 aliphatic rings. The third kappa shape index (κ3) is 5.08. The summed E-state index contributed by atoms with van der Waals surface area (Å²) in [5.41, 5.74) is 1.60. The molecule has 4 aliphatic heterocycles. The first-order chi connectivity index (χ1) is 18.2. The molecule has 0 bridgehead atoms. The number of carbonyl (C=O) groups is 2. The number of ether oxygens (including phenoxy) is 1. The van der Waals surface area contributed by atoms with Crippen LogP contribution in [0.2, 0.25) is 0 Å². The van der Waals surface area contributed by atoms with Crippen LogP contribution >= 0.6 is 11.8 Å². The van der Waals surface area contributed by atoms with Crippen LogP contribution in [0.25, 0.3) is 0 Å². The van der Waals surface area contributed by atoms with Crippen molar-refractivity contribution in [1.82, 2.24) is 20.9 Å². The number of urea groups is 1. The Morgan fingerprint density at radius 1 is 1.03 bits per heavy atom. The summed E-state index contributed by atoms with van der Waals surface area (Å²) in [6.07, 6.45) is 4.60. The quantitative estimate of drug-likeness (QED) is 0.515. The first-order valence-corrected chi connectivity index (χ1v) is 14.1. The van der Waals surface area contributed by atoms with Crippen molar-refractivity contribution in [3.63, 3.8) is 0 Å². The second-order valence-corrected chi connectivity index (χ2v) is 11.1. The van der Waals surface area contributed by atoms with Crippen molar-refractivity contribution in [3.8, 4) is 11.5 Å². The Balaban J connectivity index is 1.16. The normalized spacial score (nSPS) is 25.5. The number of rotatable bonds is 7. The van der Waals surface area contributed by atoms with Gasteiger partial charge in [0, 0.05) is 30.4 Å². The minimum Gasteiger partial charge on any atom is -0.457 e. The van der Waals surface area contributed by atoms with Gasteiger partial charge in [-0.3, -0.25) is 9.69 Å². The molecule has 3 fully saturated rings. The number of piperidine rings is 2. The predicted molar refractivity (Wildman–Crippen MR) is 146 cm³/mol. The molecule has 9 heteroatoms. The number of nitrogens with zero attached hydrogens (tertiary/aromatic N) is 2. The van der Waals surface area contributed by atoms with Crippen molar-refractivity contribution in [2.45, 2.75) is 37.1 Å². The highest BCUT2D eigenvalue weighted by Gasteiger charge is 2.51. The van der Waals surface area contributed by atoms with Crippen LogP contribution in [-0.4, -0.2) is 61.0 Å². The number of hydrogen-bond donors (Lipinski definition) is 3. The van der Waals surface area contributed by atoms with Gasteiger partial charge in [-0.15, -0.1) is 0 Å². The topological polar surface area (TPSA) is 85.9 Å². The number of hydrogen-bond acceptors (Lipinski definition) is 6. The van der Waals surface area contributed by atoms with Crippen molar-refractivity contribution in [2.24, 2.45) is 5.92 Å². The number of thioether (sulfide) groups is 1. The van der Waals surface area contributed by atoms with Gasteiger partial charge < -0.3 is 25.6 Å². The van der Waals surface area contributed by atoms with Crippen LogP contribution in [-0.2, 0) is 4.79 Å². The summed E-state index contributed by atoms with van der Waals surface area (Å²) in [5, 5.41) is 9.82. The largest absolute Gasteiger partial charge is 0.457 e. The van der Waals surface area contributed by atoms with E-state index in [9.17, 15) is 9.59 Å². The molecule has 3 N–H and O–H groups in total. The number of anilines is 1. The maximum atomic E-state index is 13.4. The van der Waals surface area contributed by atoms with Crippen molar-refractivity contribution in [2.75, 3.05) is 37.6 Å². The summed E-state index contributed by atoms with van der Waals surface area (Å²) >= 11 is 1.55. The summed E-state index contributed by atoms with van der Waals surface area (Å²) in [7, 11) is 0. The molecule has 3 unspecified atom stereocenters. The molecule has 0 radical (unpaired) electrons. The summed E-state index contributed by atoms with van der Waals surface area (Å²) < 4.78 is 5.92. The van der Waals surface area contributed by atoms with Crippen LogP contribution < -0.4 is 25.6 Å². The average molecular weight is 520 g/mol. The van der Waals surface area contributed by atoms with Gasteiger partial charge in [-0.25, -0.2) is 4.79 Å². The zero-order valence-electron chi connectivity index (χ0n) is 20.8. The lowest BCUT2D eigenvalue weighted by molar-refractivity contribution is -0.116. The average Bonchev–Trinajstić information content (AvgIpc) is 3.30. The van der Waals surface area contributed by atoms with E-state index in [1.165, 1.54) is 19.3 Å². The van der Waals surface area contributed by atoms with E-state index in [2.05, 4.69) is 20.9 Å². The van der Waals surface area contributed by atoms with E-state index in [1.54, 1.807) is 11.8 Å². The van der Waals surface area contributed by atoms with E-state index >= 15 is 0 Å². The molecule has 0 saturated carbocycles. The van der Waals surface area contributed by atoms with Crippen molar-refractivity contribution >= 4 is 29.4 Å². The lowest BCUT2D eigenvalue weighted by Crippen LogP contribution is -2.62. The van der Waals surface area contributed by atoms with Gasteiger partial charge in [-0.1, -0.05) is 36.4 Å². The van der Waals surface area contributed by atoms with Gasteiger partial charge in [-0.05, 0) is 75.3 Å². The van der Waals surface area contributed by atoms with Crippen LogP contribution in [0.15, 0.2) is 65.2 Å². The fraction of sp³-hybridized carbons (Fsp3) is 0.429. The number of para-hydroxylation sites is 1. The molecule has 2 aromatic carbocycles. The first kappa shape index (κ1) is 24.3. The van der Waals surface area contributed by atoms with Gasteiger partial charge in [0.2, 0.25) is 0 Å². The first-order valence-electron chi connectivity index (χ1n) is 13.3. The van der Waals surface area contributed by atoms with Gasteiger partial charge in [0.1, 0.15) is 11.5 Å². The van der Waals surface area contributed by atoms with E-state index in [-0.39, 0.29) is 29.3 Å². The number of amides is 3. The Morgan fingerprint density at radius 3 is 2.57 bits per heavy atom. The fourth-order valence-corrected chi connectivity index (χ4v) is 7.23. The molecule has 3 atom stereocenters. The minimum atomic E-state index is -0.185. The molecular formula is C28H33N5O3S. The van der Waals surface area contributed by atoms with Crippen LogP contribution in [0.3, 0.4) is 0 Å². The van der Waals surface area contributed by atoms with Gasteiger partial charge in [0.25, 0.3) is 5.91 Å². The molecule has 3 saturated heterocycles. The second-order valence-electron chi connectivity index (χ2n) is 9.98. The van der Waals surface area contributed by atoms with Gasteiger partial charge in [0.05, 0.1) is 16.3 Å². The van der Waals surface area contributed by atoms with Crippen LogP contribution in [0.5, 0.6) is 11.5 Å². The fourth-order valence-electron chi connectivity index (χ4n) is 5.81. The maximum Gasteiger partial charge on any atom is 0.326 e. The van der Waals surface area contributed by atoms with E-state index < -0.39 is 0 Å².